The van der Waals surface area contributed by atoms with Crippen LogP contribution in [0.15, 0.2) is 54.6 Å². The van der Waals surface area contributed by atoms with Crippen molar-refractivity contribution in [1.82, 2.24) is 9.88 Å². The number of benzene rings is 2. The van der Waals surface area contributed by atoms with Crippen molar-refractivity contribution in [3.63, 3.8) is 0 Å². The average molecular weight is 352 g/mol. The minimum absolute atomic E-state index is 0.0864. The molecule has 4 nitrogen and oxygen atoms in total. The van der Waals surface area contributed by atoms with Crippen LogP contribution >= 0.6 is 0 Å². The molecule has 1 aromatic heterocycles. The number of hydrogen-bond acceptors (Lipinski definition) is 2. The van der Waals surface area contributed by atoms with Gasteiger partial charge in [-0.2, -0.15) is 0 Å². The summed E-state index contributed by atoms with van der Waals surface area (Å²) in [6.07, 6.45) is 2.09. The van der Waals surface area contributed by atoms with Gasteiger partial charge in [-0.15, -0.1) is 0 Å². The average Bonchev–Trinajstić information content (AvgIpc) is 3.30. The van der Waals surface area contributed by atoms with Crippen molar-refractivity contribution >= 4 is 16.8 Å². The minimum Gasteiger partial charge on any atom is -0.376 e. The number of para-hydroxylation sites is 1. The zero-order valence-corrected chi connectivity index (χ0v) is 14.5. The summed E-state index contributed by atoms with van der Waals surface area (Å²) in [5.41, 5.74) is 2.01. The lowest BCUT2D eigenvalue weighted by atomic mass is 10.2. The lowest BCUT2D eigenvalue weighted by Gasteiger charge is -2.14. The Morgan fingerprint density at radius 3 is 2.81 bits per heavy atom. The molecular weight excluding hydrogens is 331 g/mol. The Balaban J connectivity index is 1.65. The first-order valence-corrected chi connectivity index (χ1v) is 8.94. The Morgan fingerprint density at radius 2 is 2.00 bits per heavy atom. The van der Waals surface area contributed by atoms with Crippen molar-refractivity contribution in [1.29, 1.82) is 0 Å². The minimum atomic E-state index is -0.268. The van der Waals surface area contributed by atoms with Crippen LogP contribution in [0, 0.1) is 5.82 Å². The molecule has 2 aromatic carbocycles. The molecule has 1 aliphatic heterocycles. The van der Waals surface area contributed by atoms with Crippen molar-refractivity contribution in [2.24, 2.45) is 0 Å². The third kappa shape index (κ3) is 3.35. The standard InChI is InChI=1S/C21H21FN2O2/c22-18-9-3-1-7-16(18)14-24-19-10-4-2-6-15(19)12-20(24)21(25)23-13-17-8-5-11-26-17/h1-4,6-7,9-10,12,17H,5,8,11,13-14H2,(H,23,25)/t17-/m1/s1. The fourth-order valence-corrected chi connectivity index (χ4v) is 3.47. The Hall–Kier alpha value is -2.66. The number of nitrogens with zero attached hydrogens (tertiary/aromatic N) is 1. The molecule has 2 heterocycles. The highest BCUT2D eigenvalue weighted by atomic mass is 19.1. The predicted octanol–water partition coefficient (Wildman–Crippen LogP) is 3.74. The van der Waals surface area contributed by atoms with Gasteiger partial charge in [0.25, 0.3) is 5.91 Å². The highest BCUT2D eigenvalue weighted by molar-refractivity contribution is 5.98. The van der Waals surface area contributed by atoms with Crippen LogP contribution < -0.4 is 5.32 Å². The first-order valence-electron chi connectivity index (χ1n) is 8.94. The Morgan fingerprint density at radius 1 is 1.19 bits per heavy atom. The monoisotopic (exact) mass is 352 g/mol. The molecule has 4 rings (SSSR count). The summed E-state index contributed by atoms with van der Waals surface area (Å²) in [5.74, 6) is -0.427. The first-order chi connectivity index (χ1) is 12.7. The van der Waals surface area contributed by atoms with E-state index in [1.165, 1.54) is 6.07 Å². The number of carbonyl (C=O) groups excluding carboxylic acids is 1. The van der Waals surface area contributed by atoms with E-state index in [9.17, 15) is 9.18 Å². The Bertz CT molecular complexity index is 929. The molecule has 1 N–H and O–H groups in total. The number of nitrogens with one attached hydrogen (secondary N) is 1. The van der Waals surface area contributed by atoms with Crippen LogP contribution in [0.1, 0.15) is 28.9 Å². The van der Waals surface area contributed by atoms with E-state index >= 15 is 0 Å². The molecule has 1 atom stereocenters. The quantitative estimate of drug-likeness (QED) is 0.760. The van der Waals surface area contributed by atoms with Crippen molar-refractivity contribution in [3.8, 4) is 0 Å². The maximum atomic E-state index is 14.1. The molecule has 1 aliphatic rings. The van der Waals surface area contributed by atoms with Gasteiger partial charge in [0.2, 0.25) is 0 Å². The SMILES string of the molecule is O=C(NC[C@H]1CCCO1)c1cc2ccccc2n1Cc1ccccc1F. The predicted molar refractivity (Wildman–Crippen MR) is 98.7 cm³/mol. The van der Waals surface area contributed by atoms with Gasteiger partial charge in [0, 0.05) is 29.6 Å². The van der Waals surface area contributed by atoms with E-state index < -0.39 is 0 Å². The topological polar surface area (TPSA) is 43.3 Å². The Labute approximate surface area is 151 Å². The van der Waals surface area contributed by atoms with Gasteiger partial charge in [-0.1, -0.05) is 36.4 Å². The summed E-state index contributed by atoms with van der Waals surface area (Å²) < 4.78 is 21.6. The van der Waals surface area contributed by atoms with E-state index in [0.29, 0.717) is 24.3 Å². The van der Waals surface area contributed by atoms with Gasteiger partial charge in [0.05, 0.1) is 12.6 Å². The number of amides is 1. The molecule has 1 saturated heterocycles. The molecule has 0 unspecified atom stereocenters. The molecule has 0 radical (unpaired) electrons. The fourth-order valence-electron chi connectivity index (χ4n) is 3.47. The van der Waals surface area contributed by atoms with E-state index in [1.54, 1.807) is 18.2 Å². The molecule has 3 aromatic rings. The molecule has 0 saturated carbocycles. The van der Waals surface area contributed by atoms with Gasteiger partial charge >= 0.3 is 0 Å². The van der Waals surface area contributed by atoms with Gasteiger partial charge < -0.3 is 14.6 Å². The normalized spacial score (nSPS) is 16.9. The summed E-state index contributed by atoms with van der Waals surface area (Å²) in [6, 6.07) is 16.3. The van der Waals surface area contributed by atoms with E-state index in [4.69, 9.17) is 4.74 Å². The van der Waals surface area contributed by atoms with E-state index in [0.717, 1.165) is 30.4 Å². The number of rotatable bonds is 5. The fraction of sp³-hybridized carbons (Fsp3) is 0.286. The lowest BCUT2D eigenvalue weighted by Crippen LogP contribution is -2.33. The molecular formula is C21H21FN2O2. The second-order valence-electron chi connectivity index (χ2n) is 6.61. The smallest absolute Gasteiger partial charge is 0.268 e. The van der Waals surface area contributed by atoms with Gasteiger partial charge in [-0.05, 0) is 31.0 Å². The number of aromatic nitrogens is 1. The molecule has 1 amide bonds. The third-order valence-electron chi connectivity index (χ3n) is 4.84. The van der Waals surface area contributed by atoms with Gasteiger partial charge in [0.15, 0.2) is 0 Å². The van der Waals surface area contributed by atoms with Crippen molar-refractivity contribution in [2.75, 3.05) is 13.2 Å². The second-order valence-corrected chi connectivity index (χ2v) is 6.61. The van der Waals surface area contributed by atoms with Crippen LogP contribution in [0.3, 0.4) is 0 Å². The van der Waals surface area contributed by atoms with Gasteiger partial charge in [-0.3, -0.25) is 4.79 Å². The number of hydrogen-bond donors (Lipinski definition) is 1. The summed E-state index contributed by atoms with van der Waals surface area (Å²) >= 11 is 0. The summed E-state index contributed by atoms with van der Waals surface area (Å²) in [7, 11) is 0. The summed E-state index contributed by atoms with van der Waals surface area (Å²) in [4.78, 5) is 12.8. The van der Waals surface area contributed by atoms with E-state index in [1.807, 2.05) is 34.9 Å². The summed E-state index contributed by atoms with van der Waals surface area (Å²) in [5, 5.41) is 3.93. The molecule has 134 valence electrons. The van der Waals surface area contributed by atoms with Crippen LogP contribution in [-0.2, 0) is 11.3 Å². The molecule has 5 heteroatoms. The molecule has 0 aliphatic carbocycles. The van der Waals surface area contributed by atoms with Crippen LogP contribution in [0.2, 0.25) is 0 Å². The number of fused-ring (bicyclic) bond motifs is 1. The molecule has 26 heavy (non-hydrogen) atoms. The Kier molecular flexibility index (Phi) is 4.71. The third-order valence-corrected chi connectivity index (χ3v) is 4.84. The molecule has 0 spiro atoms. The zero-order valence-electron chi connectivity index (χ0n) is 14.5. The van der Waals surface area contributed by atoms with Crippen molar-refractivity contribution < 1.29 is 13.9 Å². The number of carbonyl (C=O) groups is 1. The van der Waals surface area contributed by atoms with E-state index in [2.05, 4.69) is 5.32 Å². The maximum absolute atomic E-state index is 14.1. The first kappa shape index (κ1) is 16.8. The lowest BCUT2D eigenvalue weighted by molar-refractivity contribution is 0.0851. The van der Waals surface area contributed by atoms with Crippen molar-refractivity contribution in [3.05, 3.63) is 71.7 Å². The molecule has 1 fully saturated rings. The van der Waals surface area contributed by atoms with Gasteiger partial charge in [-0.25, -0.2) is 4.39 Å². The second kappa shape index (κ2) is 7.30. The summed E-state index contributed by atoms with van der Waals surface area (Å²) in [6.45, 7) is 1.57. The molecule has 0 bridgehead atoms. The maximum Gasteiger partial charge on any atom is 0.268 e. The highest BCUT2D eigenvalue weighted by Crippen LogP contribution is 2.22. The highest BCUT2D eigenvalue weighted by Gasteiger charge is 2.20. The van der Waals surface area contributed by atoms with Crippen LogP contribution in [0.5, 0.6) is 0 Å². The van der Waals surface area contributed by atoms with E-state index in [-0.39, 0.29) is 17.8 Å². The van der Waals surface area contributed by atoms with Crippen LogP contribution in [0.25, 0.3) is 10.9 Å². The number of halogens is 1. The largest absolute Gasteiger partial charge is 0.376 e. The van der Waals surface area contributed by atoms with Gasteiger partial charge in [0.1, 0.15) is 11.5 Å². The van der Waals surface area contributed by atoms with Crippen LogP contribution in [-0.4, -0.2) is 29.7 Å². The van der Waals surface area contributed by atoms with Crippen LogP contribution in [0.4, 0.5) is 4.39 Å². The number of ether oxygens (including phenoxy) is 1. The van der Waals surface area contributed by atoms with Crippen molar-refractivity contribution in [2.45, 2.75) is 25.5 Å². The zero-order chi connectivity index (χ0) is 17.9.